The van der Waals surface area contributed by atoms with E-state index in [9.17, 15) is 0 Å². The predicted octanol–water partition coefficient (Wildman–Crippen LogP) is 6.23. The monoisotopic (exact) mass is 246 g/mol. The first-order chi connectivity index (χ1) is 8.76. The van der Waals surface area contributed by atoms with Crippen molar-refractivity contribution in [2.45, 2.75) is 59.3 Å². The van der Waals surface area contributed by atoms with Crippen LogP contribution in [0.4, 0.5) is 0 Å². The van der Waals surface area contributed by atoms with Crippen LogP contribution in [0.5, 0.6) is 0 Å². The first-order valence-corrected chi connectivity index (χ1v) is 7.40. The summed E-state index contributed by atoms with van der Waals surface area (Å²) in [6, 6.07) is 0. The molecule has 0 aliphatic heterocycles. The van der Waals surface area contributed by atoms with Crippen molar-refractivity contribution in [3.8, 4) is 0 Å². The highest BCUT2D eigenvalue weighted by Gasteiger charge is 2.07. The van der Waals surface area contributed by atoms with Crippen molar-refractivity contribution in [1.29, 1.82) is 0 Å². The van der Waals surface area contributed by atoms with E-state index in [0.29, 0.717) is 5.92 Å². The van der Waals surface area contributed by atoms with Crippen LogP contribution in [-0.2, 0) is 0 Å². The fourth-order valence-electron chi connectivity index (χ4n) is 1.92. The molecule has 0 aliphatic carbocycles. The third-order valence-corrected chi connectivity index (χ3v) is 3.14. The Morgan fingerprint density at radius 2 is 1.61 bits per heavy atom. The Hall–Kier alpha value is -1.04. The van der Waals surface area contributed by atoms with E-state index in [1.54, 1.807) is 0 Å². The summed E-state index contributed by atoms with van der Waals surface area (Å²) in [5.41, 5.74) is 1.40. The molecule has 0 amide bonds. The summed E-state index contributed by atoms with van der Waals surface area (Å²) in [6.45, 7) is 10.8. The average Bonchev–Trinajstić information content (AvgIpc) is 2.39. The zero-order chi connectivity index (χ0) is 13.6. The van der Waals surface area contributed by atoms with E-state index in [4.69, 9.17) is 0 Å². The fourth-order valence-corrected chi connectivity index (χ4v) is 1.92. The van der Waals surface area contributed by atoms with Crippen LogP contribution in [-0.4, -0.2) is 0 Å². The molecule has 18 heavy (non-hydrogen) atoms. The summed E-state index contributed by atoms with van der Waals surface area (Å²) in [5, 5.41) is 0. The summed E-state index contributed by atoms with van der Waals surface area (Å²) >= 11 is 0. The topological polar surface area (TPSA) is 0 Å². The van der Waals surface area contributed by atoms with Crippen LogP contribution in [0.15, 0.2) is 48.6 Å². The van der Waals surface area contributed by atoms with Gasteiger partial charge in [0, 0.05) is 0 Å². The summed E-state index contributed by atoms with van der Waals surface area (Å²) < 4.78 is 0. The van der Waals surface area contributed by atoms with Gasteiger partial charge in [0.25, 0.3) is 0 Å². The maximum atomic E-state index is 4.25. The Kier molecular flexibility index (Phi) is 11.7. The van der Waals surface area contributed by atoms with Gasteiger partial charge in [-0.05, 0) is 44.4 Å². The van der Waals surface area contributed by atoms with Crippen molar-refractivity contribution < 1.29 is 0 Å². The predicted molar refractivity (Wildman–Crippen MR) is 84.8 cm³/mol. The van der Waals surface area contributed by atoms with Gasteiger partial charge in [0.05, 0.1) is 0 Å². The average molecular weight is 246 g/mol. The van der Waals surface area contributed by atoms with Gasteiger partial charge < -0.3 is 0 Å². The van der Waals surface area contributed by atoms with E-state index in [2.05, 4.69) is 63.8 Å². The van der Waals surface area contributed by atoms with Gasteiger partial charge in [0.2, 0.25) is 0 Å². The largest absolute Gasteiger partial charge is 0.0996 e. The van der Waals surface area contributed by atoms with E-state index < -0.39 is 0 Å². The molecule has 0 aromatic carbocycles. The third kappa shape index (κ3) is 9.04. The van der Waals surface area contributed by atoms with Crippen LogP contribution in [0.3, 0.4) is 0 Å². The lowest BCUT2D eigenvalue weighted by atomic mass is 9.91. The molecule has 0 spiro atoms. The molecule has 0 N–H and O–H groups in total. The van der Waals surface area contributed by atoms with E-state index in [1.165, 1.54) is 12.0 Å². The molecule has 0 radical (unpaired) electrons. The van der Waals surface area contributed by atoms with E-state index in [0.717, 1.165) is 32.1 Å². The lowest BCUT2D eigenvalue weighted by Crippen LogP contribution is -2.00. The van der Waals surface area contributed by atoms with Crippen molar-refractivity contribution >= 4 is 0 Å². The standard InChI is InChI=1S/C18H30/c1-5-8-10-12-14-16-18(7-3)17(4)15-13-11-9-6-2/h8-12,14,18H,4-7,13,15-16H2,1-3H3/b10-8-,11-9-,14-12-. The highest BCUT2D eigenvalue weighted by atomic mass is 14.1. The van der Waals surface area contributed by atoms with Crippen LogP contribution in [0.25, 0.3) is 0 Å². The van der Waals surface area contributed by atoms with Gasteiger partial charge in [-0.3, -0.25) is 0 Å². The molecule has 1 atom stereocenters. The van der Waals surface area contributed by atoms with Gasteiger partial charge in [-0.1, -0.05) is 69.4 Å². The Morgan fingerprint density at radius 1 is 0.944 bits per heavy atom. The van der Waals surface area contributed by atoms with Gasteiger partial charge in [-0.2, -0.15) is 0 Å². The summed E-state index contributed by atoms with van der Waals surface area (Å²) in [5.74, 6) is 0.645. The fraction of sp³-hybridized carbons (Fsp3) is 0.556. The lowest BCUT2D eigenvalue weighted by molar-refractivity contribution is 0.579. The summed E-state index contributed by atoms with van der Waals surface area (Å²) in [6.07, 6.45) is 20.1. The molecule has 0 rings (SSSR count). The van der Waals surface area contributed by atoms with Crippen molar-refractivity contribution in [2.24, 2.45) is 5.92 Å². The molecule has 0 aliphatic rings. The molecule has 1 unspecified atom stereocenters. The Morgan fingerprint density at radius 3 is 2.22 bits per heavy atom. The molecule has 0 saturated carbocycles. The number of rotatable bonds is 10. The van der Waals surface area contributed by atoms with Crippen molar-refractivity contribution in [3.63, 3.8) is 0 Å². The molecule has 102 valence electrons. The molecule has 0 fully saturated rings. The van der Waals surface area contributed by atoms with Crippen molar-refractivity contribution in [2.75, 3.05) is 0 Å². The van der Waals surface area contributed by atoms with Gasteiger partial charge >= 0.3 is 0 Å². The summed E-state index contributed by atoms with van der Waals surface area (Å²) in [4.78, 5) is 0. The smallest absolute Gasteiger partial charge is 0.0174 e. The summed E-state index contributed by atoms with van der Waals surface area (Å²) in [7, 11) is 0. The molecular weight excluding hydrogens is 216 g/mol. The maximum Gasteiger partial charge on any atom is -0.0174 e. The highest BCUT2D eigenvalue weighted by molar-refractivity contribution is 5.08. The molecule has 0 aromatic heterocycles. The Labute approximate surface area is 114 Å². The van der Waals surface area contributed by atoms with E-state index in [-0.39, 0.29) is 0 Å². The number of hydrogen-bond acceptors (Lipinski definition) is 0. The number of allylic oxidation sites excluding steroid dienone is 7. The zero-order valence-corrected chi connectivity index (χ0v) is 12.5. The van der Waals surface area contributed by atoms with Crippen LogP contribution in [0, 0.1) is 5.92 Å². The number of hydrogen-bond donors (Lipinski definition) is 0. The van der Waals surface area contributed by atoms with Gasteiger partial charge in [0.1, 0.15) is 0 Å². The van der Waals surface area contributed by atoms with E-state index in [1.807, 2.05) is 0 Å². The second-order valence-corrected chi connectivity index (χ2v) is 4.68. The highest BCUT2D eigenvalue weighted by Crippen LogP contribution is 2.22. The van der Waals surface area contributed by atoms with Crippen molar-refractivity contribution in [3.05, 3.63) is 48.6 Å². The second kappa shape index (κ2) is 12.4. The Balaban J connectivity index is 3.99. The minimum atomic E-state index is 0.645. The third-order valence-electron chi connectivity index (χ3n) is 3.14. The quantitative estimate of drug-likeness (QED) is 0.317. The first-order valence-electron chi connectivity index (χ1n) is 7.40. The van der Waals surface area contributed by atoms with Crippen LogP contribution < -0.4 is 0 Å². The second-order valence-electron chi connectivity index (χ2n) is 4.68. The molecule has 0 heterocycles. The minimum absolute atomic E-state index is 0.645. The lowest BCUT2D eigenvalue weighted by Gasteiger charge is -2.15. The van der Waals surface area contributed by atoms with Crippen LogP contribution in [0.1, 0.15) is 59.3 Å². The Bertz CT molecular complexity index is 278. The van der Waals surface area contributed by atoms with Crippen LogP contribution >= 0.6 is 0 Å². The molecule has 0 aromatic rings. The van der Waals surface area contributed by atoms with Gasteiger partial charge in [-0.25, -0.2) is 0 Å². The molecular formula is C18H30. The minimum Gasteiger partial charge on any atom is -0.0996 e. The molecule has 0 nitrogen and oxygen atoms in total. The maximum absolute atomic E-state index is 4.25. The molecule has 0 saturated heterocycles. The SMILES string of the molecule is C=C(CC/C=C\CC)C(CC)C/C=C\C=C/CC. The van der Waals surface area contributed by atoms with Gasteiger partial charge in [-0.15, -0.1) is 0 Å². The van der Waals surface area contributed by atoms with Gasteiger partial charge in [0.15, 0.2) is 0 Å². The van der Waals surface area contributed by atoms with E-state index >= 15 is 0 Å². The van der Waals surface area contributed by atoms with Crippen molar-refractivity contribution in [1.82, 2.24) is 0 Å². The molecule has 0 heteroatoms. The first kappa shape index (κ1) is 17.0. The van der Waals surface area contributed by atoms with Crippen LogP contribution in [0.2, 0.25) is 0 Å². The normalized spacial score (nSPS) is 13.9. The molecule has 0 bridgehead atoms. The zero-order valence-electron chi connectivity index (χ0n) is 12.5.